The molecule has 1 aliphatic rings. The van der Waals surface area contributed by atoms with Crippen LogP contribution in [0.1, 0.15) is 51.0 Å². The van der Waals surface area contributed by atoms with E-state index in [9.17, 15) is 4.79 Å². The Balaban J connectivity index is 1.70. The van der Waals surface area contributed by atoms with E-state index in [1.807, 2.05) is 18.2 Å². The average molecular weight is 289 g/mol. The first kappa shape index (κ1) is 15.9. The van der Waals surface area contributed by atoms with Crippen molar-refractivity contribution in [3.05, 3.63) is 29.8 Å². The van der Waals surface area contributed by atoms with Crippen molar-refractivity contribution in [1.29, 1.82) is 0 Å². The van der Waals surface area contributed by atoms with E-state index < -0.39 is 0 Å². The summed E-state index contributed by atoms with van der Waals surface area (Å²) in [5.41, 5.74) is 1.20. The van der Waals surface area contributed by atoms with Crippen molar-refractivity contribution in [3.63, 3.8) is 0 Å². The molecular formula is C18H27NO2. The molecule has 3 nitrogen and oxygen atoms in total. The van der Waals surface area contributed by atoms with Gasteiger partial charge in [0.05, 0.1) is 6.61 Å². The van der Waals surface area contributed by atoms with Crippen LogP contribution < -0.4 is 4.74 Å². The quantitative estimate of drug-likeness (QED) is 0.711. The molecule has 0 spiro atoms. The molecule has 116 valence electrons. The molecule has 0 aliphatic heterocycles. The third kappa shape index (κ3) is 4.76. The second kappa shape index (κ2) is 8.06. The van der Waals surface area contributed by atoms with Crippen LogP contribution in [-0.4, -0.2) is 30.0 Å². The number of nitrogens with zero attached hydrogens (tertiary/aromatic N) is 1. The highest BCUT2D eigenvalue weighted by molar-refractivity contribution is 5.76. The number of carbonyl (C=O) groups is 1. The maximum atomic E-state index is 12.3. The highest BCUT2D eigenvalue weighted by Crippen LogP contribution is 2.24. The predicted octanol–water partition coefficient (Wildman–Crippen LogP) is 3.95. The number of benzene rings is 1. The summed E-state index contributed by atoms with van der Waals surface area (Å²) in [6.07, 6.45) is 6.28. The number of hydrogen-bond acceptors (Lipinski definition) is 2. The minimum atomic E-state index is 0.289. The fraction of sp³-hybridized carbons (Fsp3) is 0.611. The minimum Gasteiger partial charge on any atom is -0.494 e. The van der Waals surface area contributed by atoms with Crippen LogP contribution >= 0.6 is 0 Å². The lowest BCUT2D eigenvalue weighted by Crippen LogP contribution is -2.38. The van der Waals surface area contributed by atoms with E-state index in [0.29, 0.717) is 19.1 Å². The Kier molecular flexibility index (Phi) is 6.09. The van der Waals surface area contributed by atoms with Crippen molar-refractivity contribution in [2.24, 2.45) is 0 Å². The van der Waals surface area contributed by atoms with Crippen molar-refractivity contribution in [1.82, 2.24) is 4.90 Å². The molecule has 0 radical (unpaired) electrons. The minimum absolute atomic E-state index is 0.289. The Morgan fingerprint density at radius 3 is 2.76 bits per heavy atom. The molecule has 1 aromatic rings. The molecule has 2 rings (SSSR count). The normalized spacial score (nSPS) is 15.1. The molecule has 1 amide bonds. The van der Waals surface area contributed by atoms with Gasteiger partial charge >= 0.3 is 0 Å². The van der Waals surface area contributed by atoms with Crippen LogP contribution in [0, 0.1) is 6.92 Å². The van der Waals surface area contributed by atoms with Crippen LogP contribution in [0.4, 0.5) is 0 Å². The van der Waals surface area contributed by atoms with Crippen molar-refractivity contribution in [2.75, 3.05) is 13.2 Å². The van der Waals surface area contributed by atoms with Gasteiger partial charge in [-0.3, -0.25) is 4.79 Å². The summed E-state index contributed by atoms with van der Waals surface area (Å²) in [4.78, 5) is 14.4. The van der Waals surface area contributed by atoms with E-state index in [1.165, 1.54) is 31.2 Å². The fourth-order valence-electron chi connectivity index (χ4n) is 3.12. The van der Waals surface area contributed by atoms with E-state index in [2.05, 4.69) is 24.8 Å². The molecule has 21 heavy (non-hydrogen) atoms. The van der Waals surface area contributed by atoms with Gasteiger partial charge in [0, 0.05) is 19.0 Å². The molecule has 0 atom stereocenters. The number of ether oxygens (including phenoxy) is 1. The van der Waals surface area contributed by atoms with Crippen LogP contribution in [0.5, 0.6) is 5.75 Å². The molecule has 1 fully saturated rings. The largest absolute Gasteiger partial charge is 0.494 e. The summed E-state index contributed by atoms with van der Waals surface area (Å²) in [7, 11) is 0. The topological polar surface area (TPSA) is 29.5 Å². The molecule has 1 aliphatic carbocycles. The third-order valence-corrected chi connectivity index (χ3v) is 4.22. The number of hydrogen-bond donors (Lipinski definition) is 0. The molecule has 0 bridgehead atoms. The molecule has 1 aromatic carbocycles. The van der Waals surface area contributed by atoms with Crippen molar-refractivity contribution in [3.8, 4) is 5.75 Å². The van der Waals surface area contributed by atoms with Gasteiger partial charge in [0.2, 0.25) is 5.91 Å². The number of amides is 1. The molecule has 0 saturated heterocycles. The Bertz CT molecular complexity index is 452. The van der Waals surface area contributed by atoms with Gasteiger partial charge in [0.15, 0.2) is 0 Å². The zero-order valence-electron chi connectivity index (χ0n) is 13.3. The summed E-state index contributed by atoms with van der Waals surface area (Å²) in [6.45, 7) is 5.58. The third-order valence-electron chi connectivity index (χ3n) is 4.22. The lowest BCUT2D eigenvalue weighted by molar-refractivity contribution is -0.133. The lowest BCUT2D eigenvalue weighted by Gasteiger charge is -2.27. The first-order chi connectivity index (χ1) is 10.2. The molecule has 3 heteroatoms. The summed E-state index contributed by atoms with van der Waals surface area (Å²) in [6, 6.07) is 8.52. The zero-order chi connectivity index (χ0) is 15.1. The molecule has 1 saturated carbocycles. The molecule has 0 aromatic heterocycles. The Labute approximate surface area is 128 Å². The summed E-state index contributed by atoms with van der Waals surface area (Å²) in [5, 5.41) is 0. The predicted molar refractivity (Wildman–Crippen MR) is 85.6 cm³/mol. The SMILES string of the molecule is CCN(C(=O)CCCOc1cccc(C)c1)C1CCCC1. The highest BCUT2D eigenvalue weighted by atomic mass is 16.5. The smallest absolute Gasteiger partial charge is 0.222 e. The Hall–Kier alpha value is -1.51. The van der Waals surface area contributed by atoms with Gasteiger partial charge in [-0.1, -0.05) is 25.0 Å². The lowest BCUT2D eigenvalue weighted by atomic mass is 10.2. The van der Waals surface area contributed by atoms with Crippen molar-refractivity contribution in [2.45, 2.75) is 58.4 Å². The van der Waals surface area contributed by atoms with Gasteiger partial charge in [0.1, 0.15) is 5.75 Å². The van der Waals surface area contributed by atoms with E-state index >= 15 is 0 Å². The van der Waals surface area contributed by atoms with Crippen LogP contribution in [0.3, 0.4) is 0 Å². The molecule has 0 N–H and O–H groups in total. The summed E-state index contributed by atoms with van der Waals surface area (Å²) in [5.74, 6) is 1.18. The fourth-order valence-corrected chi connectivity index (χ4v) is 3.12. The first-order valence-corrected chi connectivity index (χ1v) is 8.19. The van der Waals surface area contributed by atoms with Gasteiger partial charge in [-0.25, -0.2) is 0 Å². The van der Waals surface area contributed by atoms with Gasteiger partial charge in [0.25, 0.3) is 0 Å². The number of aryl methyl sites for hydroxylation is 1. The van der Waals surface area contributed by atoms with Crippen LogP contribution in [-0.2, 0) is 4.79 Å². The maximum Gasteiger partial charge on any atom is 0.222 e. The maximum absolute atomic E-state index is 12.3. The standard InChI is InChI=1S/C18H27NO2/c1-3-19(16-9-4-5-10-16)18(20)12-7-13-21-17-11-6-8-15(2)14-17/h6,8,11,14,16H,3-5,7,9-10,12-13H2,1-2H3. The second-order valence-electron chi connectivity index (χ2n) is 5.89. The molecule has 0 heterocycles. The zero-order valence-corrected chi connectivity index (χ0v) is 13.3. The van der Waals surface area contributed by atoms with E-state index in [-0.39, 0.29) is 5.91 Å². The summed E-state index contributed by atoms with van der Waals surface area (Å²) < 4.78 is 5.71. The molecular weight excluding hydrogens is 262 g/mol. The van der Waals surface area contributed by atoms with E-state index in [0.717, 1.165) is 18.7 Å². The molecule has 0 unspecified atom stereocenters. The van der Waals surface area contributed by atoms with Crippen molar-refractivity contribution < 1.29 is 9.53 Å². The van der Waals surface area contributed by atoms with E-state index in [1.54, 1.807) is 0 Å². The second-order valence-corrected chi connectivity index (χ2v) is 5.89. The summed E-state index contributed by atoms with van der Waals surface area (Å²) >= 11 is 0. The van der Waals surface area contributed by atoms with E-state index in [4.69, 9.17) is 4.74 Å². The Morgan fingerprint density at radius 1 is 1.33 bits per heavy atom. The number of rotatable bonds is 7. The first-order valence-electron chi connectivity index (χ1n) is 8.19. The highest BCUT2D eigenvalue weighted by Gasteiger charge is 2.24. The van der Waals surface area contributed by atoms with Gasteiger partial charge in [-0.15, -0.1) is 0 Å². The van der Waals surface area contributed by atoms with Crippen LogP contribution in [0.15, 0.2) is 24.3 Å². The van der Waals surface area contributed by atoms with Crippen molar-refractivity contribution >= 4 is 5.91 Å². The number of carbonyl (C=O) groups excluding carboxylic acids is 1. The van der Waals surface area contributed by atoms with Gasteiger partial charge in [-0.05, 0) is 50.8 Å². The Morgan fingerprint density at radius 2 is 2.10 bits per heavy atom. The van der Waals surface area contributed by atoms with Crippen LogP contribution in [0.2, 0.25) is 0 Å². The van der Waals surface area contributed by atoms with Gasteiger partial charge < -0.3 is 9.64 Å². The monoisotopic (exact) mass is 289 g/mol. The van der Waals surface area contributed by atoms with Crippen LogP contribution in [0.25, 0.3) is 0 Å². The van der Waals surface area contributed by atoms with Gasteiger partial charge in [-0.2, -0.15) is 0 Å². The average Bonchev–Trinajstić information content (AvgIpc) is 2.98.